The van der Waals surface area contributed by atoms with Gasteiger partial charge in [0.15, 0.2) is 6.29 Å². The maximum Gasteiger partial charge on any atom is 0.270 e. The quantitative estimate of drug-likeness (QED) is 0.666. The van der Waals surface area contributed by atoms with Crippen LogP contribution in [0, 0.1) is 12.7 Å². The van der Waals surface area contributed by atoms with Crippen molar-refractivity contribution in [1.29, 1.82) is 0 Å². The molecule has 7 heteroatoms. The van der Waals surface area contributed by atoms with Gasteiger partial charge in [0.2, 0.25) is 0 Å². The molecule has 0 N–H and O–H groups in total. The molecule has 0 unspecified atom stereocenters. The van der Waals surface area contributed by atoms with Crippen LogP contribution in [0.25, 0.3) is 5.65 Å². The SMILES string of the molecule is Cc1ccc2nc(N3CCN(c4ccc(F)cc4)CC3)c(C=O)c(=O)n2c1. The molecule has 138 valence electrons. The molecule has 1 aliphatic heterocycles. The van der Waals surface area contributed by atoms with Crippen molar-refractivity contribution in [2.75, 3.05) is 36.0 Å². The maximum absolute atomic E-state index is 13.1. The van der Waals surface area contributed by atoms with Crippen LogP contribution in [0.3, 0.4) is 0 Å². The van der Waals surface area contributed by atoms with Crippen LogP contribution in [0.4, 0.5) is 15.9 Å². The molecule has 0 atom stereocenters. The average molecular weight is 366 g/mol. The van der Waals surface area contributed by atoms with Gasteiger partial charge in [0.05, 0.1) is 0 Å². The van der Waals surface area contributed by atoms with Crippen LogP contribution in [0.1, 0.15) is 15.9 Å². The summed E-state index contributed by atoms with van der Waals surface area (Å²) in [7, 11) is 0. The lowest BCUT2D eigenvalue weighted by atomic mass is 10.2. The molecule has 3 aromatic rings. The fourth-order valence-electron chi connectivity index (χ4n) is 3.42. The zero-order valence-electron chi connectivity index (χ0n) is 14.9. The van der Waals surface area contributed by atoms with E-state index < -0.39 is 0 Å². The number of fused-ring (bicyclic) bond motifs is 1. The molecule has 1 aromatic carbocycles. The van der Waals surface area contributed by atoms with E-state index in [4.69, 9.17) is 0 Å². The molecule has 2 aromatic heterocycles. The van der Waals surface area contributed by atoms with Gasteiger partial charge in [-0.05, 0) is 42.8 Å². The maximum atomic E-state index is 13.1. The summed E-state index contributed by atoms with van der Waals surface area (Å²) in [6.45, 7) is 4.51. The number of rotatable bonds is 3. The van der Waals surface area contributed by atoms with E-state index in [0.717, 1.165) is 11.3 Å². The second kappa shape index (κ2) is 6.83. The fraction of sp³-hybridized carbons (Fsp3) is 0.250. The van der Waals surface area contributed by atoms with Gasteiger partial charge < -0.3 is 9.80 Å². The highest BCUT2D eigenvalue weighted by atomic mass is 19.1. The number of pyridine rings is 1. The number of aldehydes is 1. The van der Waals surface area contributed by atoms with Crippen molar-refractivity contribution in [3.8, 4) is 0 Å². The Kier molecular flexibility index (Phi) is 4.35. The summed E-state index contributed by atoms with van der Waals surface area (Å²) in [6.07, 6.45) is 2.28. The fourth-order valence-corrected chi connectivity index (χ4v) is 3.42. The molecule has 6 nitrogen and oxygen atoms in total. The number of hydrogen-bond donors (Lipinski definition) is 0. The van der Waals surface area contributed by atoms with Gasteiger partial charge in [-0.1, -0.05) is 6.07 Å². The van der Waals surface area contributed by atoms with Crippen LogP contribution < -0.4 is 15.4 Å². The smallest absolute Gasteiger partial charge is 0.270 e. The van der Waals surface area contributed by atoms with E-state index in [1.807, 2.05) is 17.9 Å². The molecule has 0 spiro atoms. The Bertz CT molecular complexity index is 1050. The lowest BCUT2D eigenvalue weighted by Crippen LogP contribution is -2.47. The summed E-state index contributed by atoms with van der Waals surface area (Å²) < 4.78 is 14.5. The van der Waals surface area contributed by atoms with Crippen LogP contribution in [-0.4, -0.2) is 41.8 Å². The normalized spacial score (nSPS) is 14.6. The monoisotopic (exact) mass is 366 g/mol. The predicted molar refractivity (Wildman–Crippen MR) is 102 cm³/mol. The zero-order valence-corrected chi connectivity index (χ0v) is 14.9. The molecule has 0 saturated carbocycles. The van der Waals surface area contributed by atoms with Crippen molar-refractivity contribution in [1.82, 2.24) is 9.38 Å². The van der Waals surface area contributed by atoms with Crippen molar-refractivity contribution < 1.29 is 9.18 Å². The van der Waals surface area contributed by atoms with Crippen molar-refractivity contribution in [2.24, 2.45) is 0 Å². The molecule has 0 aliphatic carbocycles. The van der Waals surface area contributed by atoms with Crippen molar-refractivity contribution >= 4 is 23.4 Å². The minimum Gasteiger partial charge on any atom is -0.368 e. The van der Waals surface area contributed by atoms with Crippen LogP contribution in [-0.2, 0) is 0 Å². The van der Waals surface area contributed by atoms with E-state index in [-0.39, 0.29) is 16.9 Å². The first-order valence-electron chi connectivity index (χ1n) is 8.80. The highest BCUT2D eigenvalue weighted by Gasteiger charge is 2.23. The molecule has 3 heterocycles. The van der Waals surface area contributed by atoms with Crippen LogP contribution in [0.5, 0.6) is 0 Å². The zero-order chi connectivity index (χ0) is 19.0. The molecule has 0 radical (unpaired) electrons. The van der Waals surface area contributed by atoms with E-state index in [9.17, 15) is 14.0 Å². The first-order valence-corrected chi connectivity index (χ1v) is 8.80. The third-order valence-electron chi connectivity index (χ3n) is 4.87. The standard InChI is InChI=1S/C20H19FN4O2/c1-14-2-7-18-22-19(17(13-26)20(27)25(18)12-14)24-10-8-23(9-11-24)16-5-3-15(21)4-6-16/h2-7,12-13H,8-11H2,1H3. The highest BCUT2D eigenvalue weighted by Crippen LogP contribution is 2.21. The Labute approximate surface area is 155 Å². The van der Waals surface area contributed by atoms with E-state index in [0.29, 0.717) is 43.9 Å². The number of hydrogen-bond acceptors (Lipinski definition) is 5. The van der Waals surface area contributed by atoms with Gasteiger partial charge in [0.25, 0.3) is 5.56 Å². The number of aromatic nitrogens is 2. The molecule has 27 heavy (non-hydrogen) atoms. The average Bonchev–Trinajstić information content (AvgIpc) is 2.69. The lowest BCUT2D eigenvalue weighted by molar-refractivity contribution is 0.112. The molecule has 0 bridgehead atoms. The van der Waals surface area contributed by atoms with Gasteiger partial charge in [-0.15, -0.1) is 0 Å². The van der Waals surface area contributed by atoms with Gasteiger partial charge in [-0.2, -0.15) is 0 Å². The van der Waals surface area contributed by atoms with Crippen LogP contribution in [0.2, 0.25) is 0 Å². The summed E-state index contributed by atoms with van der Waals surface area (Å²) >= 11 is 0. The molecule has 1 saturated heterocycles. The Hall–Kier alpha value is -3.22. The van der Waals surface area contributed by atoms with E-state index in [2.05, 4.69) is 9.88 Å². The van der Waals surface area contributed by atoms with Crippen molar-refractivity contribution in [3.63, 3.8) is 0 Å². The molecule has 0 amide bonds. The highest BCUT2D eigenvalue weighted by molar-refractivity contribution is 5.83. The molecule has 1 aliphatic rings. The molecular weight excluding hydrogens is 347 g/mol. The number of nitrogens with zero attached hydrogens (tertiary/aromatic N) is 4. The molecule has 1 fully saturated rings. The number of aryl methyl sites for hydroxylation is 1. The summed E-state index contributed by atoms with van der Waals surface area (Å²) in [5.41, 5.74) is 2.12. The van der Waals surface area contributed by atoms with Gasteiger partial charge >= 0.3 is 0 Å². The lowest BCUT2D eigenvalue weighted by Gasteiger charge is -2.37. The van der Waals surface area contributed by atoms with Crippen molar-refractivity contribution in [2.45, 2.75) is 6.92 Å². The first kappa shape index (κ1) is 17.2. The number of halogens is 1. The predicted octanol–water partition coefficient (Wildman–Crippen LogP) is 2.28. The number of carbonyl (C=O) groups is 1. The number of anilines is 2. The Balaban J connectivity index is 1.63. The summed E-state index contributed by atoms with van der Waals surface area (Å²) in [5.74, 6) is 0.168. The van der Waals surface area contributed by atoms with Gasteiger partial charge in [0.1, 0.15) is 22.8 Å². The van der Waals surface area contributed by atoms with Crippen LogP contribution >= 0.6 is 0 Å². The Morgan fingerprint density at radius 1 is 1.00 bits per heavy atom. The minimum absolute atomic E-state index is 0.0772. The minimum atomic E-state index is -0.352. The summed E-state index contributed by atoms with van der Waals surface area (Å²) in [4.78, 5) is 33.0. The third kappa shape index (κ3) is 3.16. The van der Waals surface area contributed by atoms with Crippen LogP contribution in [0.15, 0.2) is 47.4 Å². The van der Waals surface area contributed by atoms with Crippen molar-refractivity contribution in [3.05, 3.63) is 69.9 Å². The van der Waals surface area contributed by atoms with E-state index in [1.54, 1.807) is 24.4 Å². The summed E-state index contributed by atoms with van der Waals surface area (Å²) in [6, 6.07) is 10.1. The second-order valence-electron chi connectivity index (χ2n) is 6.66. The Morgan fingerprint density at radius 2 is 1.67 bits per heavy atom. The van der Waals surface area contributed by atoms with E-state index >= 15 is 0 Å². The number of carbonyl (C=O) groups excluding carboxylic acids is 1. The topological polar surface area (TPSA) is 57.9 Å². The Morgan fingerprint density at radius 3 is 2.33 bits per heavy atom. The van der Waals surface area contributed by atoms with Gasteiger partial charge in [-0.3, -0.25) is 14.0 Å². The second-order valence-corrected chi connectivity index (χ2v) is 6.66. The summed E-state index contributed by atoms with van der Waals surface area (Å²) in [5, 5.41) is 0. The number of piperazine rings is 1. The molecular formula is C20H19FN4O2. The van der Waals surface area contributed by atoms with E-state index in [1.165, 1.54) is 16.5 Å². The van der Waals surface area contributed by atoms with Gasteiger partial charge in [-0.25, -0.2) is 9.37 Å². The first-order chi connectivity index (χ1) is 13.1. The van der Waals surface area contributed by atoms with Gasteiger partial charge in [0, 0.05) is 38.1 Å². The molecule has 4 rings (SSSR count). The largest absolute Gasteiger partial charge is 0.368 e. The number of benzene rings is 1. The third-order valence-corrected chi connectivity index (χ3v) is 4.87.